The van der Waals surface area contributed by atoms with Gasteiger partial charge in [0.25, 0.3) is 0 Å². The van der Waals surface area contributed by atoms with Crippen LogP contribution >= 0.6 is 0 Å². The van der Waals surface area contributed by atoms with Crippen LogP contribution in [0.4, 0.5) is 4.39 Å². The second-order valence-corrected chi connectivity index (χ2v) is 5.77. The molecule has 0 spiro atoms. The van der Waals surface area contributed by atoms with Crippen molar-refractivity contribution < 1.29 is 18.7 Å². The molecule has 2 aromatic carbocycles. The van der Waals surface area contributed by atoms with Crippen LogP contribution in [0.2, 0.25) is 0 Å². The number of amides is 2. The third-order valence-electron chi connectivity index (χ3n) is 3.98. The second-order valence-electron chi connectivity index (χ2n) is 5.77. The van der Waals surface area contributed by atoms with Crippen LogP contribution in [0.3, 0.4) is 0 Å². The first-order valence-electron chi connectivity index (χ1n) is 7.86. The van der Waals surface area contributed by atoms with Crippen molar-refractivity contribution in [1.29, 1.82) is 0 Å². The maximum absolute atomic E-state index is 14.0. The summed E-state index contributed by atoms with van der Waals surface area (Å²) in [6.07, 6.45) is 0. The van der Waals surface area contributed by atoms with Crippen molar-refractivity contribution in [3.05, 3.63) is 71.5 Å². The van der Waals surface area contributed by atoms with Crippen LogP contribution in [0.5, 0.6) is 0 Å². The Labute approximate surface area is 146 Å². The van der Waals surface area contributed by atoms with Gasteiger partial charge in [-0.15, -0.1) is 0 Å². The van der Waals surface area contributed by atoms with E-state index in [4.69, 9.17) is 4.74 Å². The van der Waals surface area contributed by atoms with E-state index in [-0.39, 0.29) is 13.1 Å². The number of rotatable bonds is 6. The molecule has 2 amide bonds. The van der Waals surface area contributed by atoms with Crippen LogP contribution in [0.25, 0.3) is 0 Å². The Balaban J connectivity index is 1.93. The molecule has 0 unspecified atom stereocenters. The van der Waals surface area contributed by atoms with E-state index < -0.39 is 23.2 Å². The monoisotopic (exact) mass is 344 g/mol. The fourth-order valence-corrected chi connectivity index (χ4v) is 2.36. The van der Waals surface area contributed by atoms with E-state index in [1.54, 1.807) is 25.1 Å². The number of carbonyl (C=O) groups excluding carboxylic acids is 2. The van der Waals surface area contributed by atoms with E-state index in [0.29, 0.717) is 5.56 Å². The summed E-state index contributed by atoms with van der Waals surface area (Å²) in [5, 5.41) is 5.03. The number of ether oxygens (including phenoxy) is 1. The maximum Gasteiger partial charge on any atom is 0.309 e. The molecule has 2 aromatic rings. The third kappa shape index (κ3) is 4.87. The number of halogens is 1. The van der Waals surface area contributed by atoms with Crippen molar-refractivity contribution in [2.45, 2.75) is 19.1 Å². The average molecular weight is 344 g/mol. The highest BCUT2D eigenvalue weighted by Crippen LogP contribution is 2.26. The quantitative estimate of drug-likeness (QED) is 0.789. The molecule has 0 aliphatic carbocycles. The summed E-state index contributed by atoms with van der Waals surface area (Å²) in [6, 6.07) is 15.4. The van der Waals surface area contributed by atoms with E-state index in [1.165, 1.54) is 13.2 Å². The highest BCUT2D eigenvalue weighted by molar-refractivity contribution is 6.35. The van der Waals surface area contributed by atoms with Gasteiger partial charge in [-0.05, 0) is 18.6 Å². The number of methoxy groups -OCH3 is 1. The predicted octanol–water partition coefficient (Wildman–Crippen LogP) is 2.12. The highest BCUT2D eigenvalue weighted by Gasteiger charge is 2.30. The summed E-state index contributed by atoms with van der Waals surface area (Å²) >= 11 is 0. The number of nitrogens with one attached hydrogen (secondary N) is 2. The molecule has 0 saturated carbocycles. The Morgan fingerprint density at radius 1 is 1.00 bits per heavy atom. The molecule has 2 rings (SSSR count). The van der Waals surface area contributed by atoms with Crippen molar-refractivity contribution in [3.8, 4) is 0 Å². The van der Waals surface area contributed by atoms with Crippen LogP contribution in [-0.2, 0) is 26.5 Å². The molecule has 0 aliphatic heterocycles. The maximum atomic E-state index is 14.0. The Kier molecular flexibility index (Phi) is 6.25. The predicted molar refractivity (Wildman–Crippen MR) is 92.1 cm³/mol. The Bertz CT molecular complexity index is 736. The Hall–Kier alpha value is -2.73. The topological polar surface area (TPSA) is 67.4 Å². The summed E-state index contributed by atoms with van der Waals surface area (Å²) in [7, 11) is 1.42. The zero-order valence-corrected chi connectivity index (χ0v) is 14.2. The van der Waals surface area contributed by atoms with Crippen molar-refractivity contribution in [3.63, 3.8) is 0 Å². The Morgan fingerprint density at radius 2 is 1.60 bits per heavy atom. The summed E-state index contributed by atoms with van der Waals surface area (Å²) in [4.78, 5) is 23.9. The van der Waals surface area contributed by atoms with E-state index >= 15 is 0 Å². The van der Waals surface area contributed by atoms with E-state index in [1.807, 2.05) is 30.3 Å². The molecule has 6 heteroatoms. The van der Waals surface area contributed by atoms with Gasteiger partial charge in [-0.3, -0.25) is 9.59 Å². The minimum atomic E-state index is -1.08. The molecule has 0 heterocycles. The summed E-state index contributed by atoms with van der Waals surface area (Å²) in [6.45, 7) is 1.86. The van der Waals surface area contributed by atoms with E-state index in [9.17, 15) is 14.0 Å². The molecule has 0 aromatic heterocycles. The molecule has 132 valence electrons. The van der Waals surface area contributed by atoms with E-state index in [0.717, 1.165) is 5.56 Å². The van der Waals surface area contributed by atoms with Crippen LogP contribution in [-0.4, -0.2) is 25.5 Å². The first kappa shape index (κ1) is 18.6. The summed E-state index contributed by atoms with van der Waals surface area (Å²) < 4.78 is 19.4. The van der Waals surface area contributed by atoms with Crippen LogP contribution < -0.4 is 10.6 Å². The number of hydrogen-bond donors (Lipinski definition) is 2. The Morgan fingerprint density at radius 3 is 2.24 bits per heavy atom. The van der Waals surface area contributed by atoms with Crippen LogP contribution in [0.15, 0.2) is 54.6 Å². The second kappa shape index (κ2) is 8.39. The van der Waals surface area contributed by atoms with Gasteiger partial charge in [0.15, 0.2) is 0 Å². The lowest BCUT2D eigenvalue weighted by atomic mass is 9.95. The normalized spacial score (nSPS) is 12.9. The molecular weight excluding hydrogens is 323 g/mol. The molecule has 0 fully saturated rings. The zero-order valence-electron chi connectivity index (χ0n) is 14.2. The van der Waals surface area contributed by atoms with Gasteiger partial charge in [0.2, 0.25) is 0 Å². The number of carbonyl (C=O) groups is 2. The van der Waals surface area contributed by atoms with Gasteiger partial charge in [0.1, 0.15) is 11.4 Å². The van der Waals surface area contributed by atoms with Crippen molar-refractivity contribution in [2.75, 3.05) is 13.7 Å². The molecule has 25 heavy (non-hydrogen) atoms. The minimum absolute atomic E-state index is 0.0397. The minimum Gasteiger partial charge on any atom is -0.372 e. The lowest BCUT2D eigenvalue weighted by Crippen LogP contribution is -2.46. The molecule has 0 bridgehead atoms. The standard InChI is InChI=1S/C19H21FN2O3/c1-19(25-2,15-10-6-7-11-16(15)20)13-22-18(24)17(23)21-12-14-8-4-3-5-9-14/h3-11H,12-13H2,1-2H3,(H,21,23)(H,22,24)/t19-/m0/s1. The molecule has 0 radical (unpaired) electrons. The fraction of sp³-hybridized carbons (Fsp3) is 0.263. The van der Waals surface area contributed by atoms with E-state index in [2.05, 4.69) is 10.6 Å². The first-order chi connectivity index (χ1) is 12.0. The van der Waals surface area contributed by atoms with Crippen molar-refractivity contribution in [2.24, 2.45) is 0 Å². The number of hydrogen-bond acceptors (Lipinski definition) is 3. The molecule has 2 N–H and O–H groups in total. The summed E-state index contributed by atoms with van der Waals surface area (Å²) in [5.41, 5.74) is 0.111. The number of benzene rings is 2. The smallest absolute Gasteiger partial charge is 0.309 e. The van der Waals surface area contributed by atoms with Gasteiger partial charge in [-0.25, -0.2) is 4.39 Å². The SMILES string of the molecule is CO[C@@](C)(CNC(=O)C(=O)NCc1ccccc1)c1ccccc1F. The van der Waals surface area contributed by atoms with Crippen LogP contribution in [0, 0.1) is 5.82 Å². The van der Waals surface area contributed by atoms with Crippen molar-refractivity contribution in [1.82, 2.24) is 10.6 Å². The zero-order chi connectivity index (χ0) is 18.3. The van der Waals surface area contributed by atoms with Crippen molar-refractivity contribution >= 4 is 11.8 Å². The van der Waals surface area contributed by atoms with Gasteiger partial charge in [0, 0.05) is 19.2 Å². The molecule has 1 atom stereocenters. The summed E-state index contributed by atoms with van der Waals surface area (Å²) in [5.74, 6) is -1.99. The van der Waals surface area contributed by atoms with Gasteiger partial charge >= 0.3 is 11.8 Å². The highest BCUT2D eigenvalue weighted by atomic mass is 19.1. The lowest BCUT2D eigenvalue weighted by molar-refractivity contribution is -0.140. The van der Waals surface area contributed by atoms with Gasteiger partial charge in [0.05, 0.1) is 6.54 Å². The molecule has 0 aliphatic rings. The van der Waals surface area contributed by atoms with Crippen LogP contribution in [0.1, 0.15) is 18.1 Å². The first-order valence-corrected chi connectivity index (χ1v) is 7.86. The van der Waals surface area contributed by atoms with Gasteiger partial charge < -0.3 is 15.4 Å². The lowest BCUT2D eigenvalue weighted by Gasteiger charge is -2.29. The van der Waals surface area contributed by atoms with Gasteiger partial charge in [-0.1, -0.05) is 48.5 Å². The molecular formula is C19H21FN2O3. The fourth-order valence-electron chi connectivity index (χ4n) is 2.36. The molecule has 0 saturated heterocycles. The third-order valence-corrected chi connectivity index (χ3v) is 3.98. The van der Waals surface area contributed by atoms with Gasteiger partial charge in [-0.2, -0.15) is 0 Å². The molecule has 5 nitrogen and oxygen atoms in total. The average Bonchev–Trinajstić information content (AvgIpc) is 2.65. The largest absolute Gasteiger partial charge is 0.372 e.